The second-order valence-electron chi connectivity index (χ2n) is 7.96. The molecule has 3 aromatic carbocycles. The number of hydrogen-bond donors (Lipinski definition) is 2. The largest absolute Gasteiger partial charge is 0.481 e. The molecule has 0 aliphatic carbocycles. The van der Waals surface area contributed by atoms with Crippen LogP contribution in [0.4, 0.5) is 0 Å². The molecule has 2 aromatic heterocycles. The van der Waals surface area contributed by atoms with Crippen LogP contribution in [0.1, 0.15) is 24.5 Å². The van der Waals surface area contributed by atoms with Crippen molar-refractivity contribution in [3.05, 3.63) is 88.5 Å². The summed E-state index contributed by atoms with van der Waals surface area (Å²) < 4.78 is 1.80. The first-order chi connectivity index (χ1) is 16.4. The summed E-state index contributed by atoms with van der Waals surface area (Å²) in [7, 11) is 0. The van der Waals surface area contributed by atoms with Crippen molar-refractivity contribution in [1.82, 2.24) is 14.5 Å². The molecule has 0 radical (unpaired) electrons. The first-order valence-corrected chi connectivity index (χ1v) is 11.4. The van der Waals surface area contributed by atoms with Crippen LogP contribution in [0.5, 0.6) is 0 Å². The molecule has 34 heavy (non-hydrogen) atoms. The molecule has 5 aromatic rings. The summed E-state index contributed by atoms with van der Waals surface area (Å²) in [6, 6.07) is 20.6. The van der Waals surface area contributed by atoms with Crippen molar-refractivity contribution in [1.29, 1.82) is 0 Å². The fourth-order valence-corrected chi connectivity index (χ4v) is 4.43. The standard InChI is InChI=1S/C26H19Cl2N3O3/c27-16-6-8-21-19(13-16)25(15-4-2-1-3-5-15)30-26(29-21)31-14-20(23(32)10-11-24(33)34)18-12-17(28)7-9-22(18)31/h1-9,12-14,23,32H,10-11H2,(H,33,34). The molecule has 0 saturated heterocycles. The summed E-state index contributed by atoms with van der Waals surface area (Å²) in [5.74, 6) is -0.553. The van der Waals surface area contributed by atoms with Crippen molar-refractivity contribution in [3.63, 3.8) is 0 Å². The molecule has 1 unspecified atom stereocenters. The van der Waals surface area contributed by atoms with E-state index in [1.54, 1.807) is 29.0 Å². The third kappa shape index (κ3) is 4.23. The molecule has 1 atom stereocenters. The highest BCUT2D eigenvalue weighted by Crippen LogP contribution is 2.34. The maximum absolute atomic E-state index is 11.0. The number of nitrogens with zero attached hydrogens (tertiary/aromatic N) is 3. The van der Waals surface area contributed by atoms with Gasteiger partial charge in [-0.1, -0.05) is 53.5 Å². The molecule has 0 spiro atoms. The van der Waals surface area contributed by atoms with E-state index in [1.807, 2.05) is 48.5 Å². The topological polar surface area (TPSA) is 88.2 Å². The smallest absolute Gasteiger partial charge is 0.303 e. The molecule has 2 N–H and O–H groups in total. The number of hydrogen-bond acceptors (Lipinski definition) is 4. The lowest BCUT2D eigenvalue weighted by Crippen LogP contribution is -2.03. The molecule has 170 valence electrons. The number of fused-ring (bicyclic) bond motifs is 2. The summed E-state index contributed by atoms with van der Waals surface area (Å²) in [5, 5.41) is 22.5. The van der Waals surface area contributed by atoms with Crippen LogP contribution in [-0.2, 0) is 4.79 Å². The number of carboxylic acids is 1. The van der Waals surface area contributed by atoms with Gasteiger partial charge in [0.05, 0.1) is 22.8 Å². The number of rotatable bonds is 6. The van der Waals surface area contributed by atoms with E-state index in [2.05, 4.69) is 0 Å². The zero-order valence-electron chi connectivity index (χ0n) is 17.8. The number of aromatic nitrogens is 3. The number of carboxylic acid groups (broad SMARTS) is 1. The van der Waals surface area contributed by atoms with E-state index in [9.17, 15) is 9.90 Å². The molecule has 0 saturated carbocycles. The molecule has 0 fully saturated rings. The Labute approximate surface area is 205 Å². The highest BCUT2D eigenvalue weighted by molar-refractivity contribution is 6.31. The summed E-state index contributed by atoms with van der Waals surface area (Å²) >= 11 is 12.5. The van der Waals surface area contributed by atoms with Gasteiger partial charge in [-0.3, -0.25) is 9.36 Å². The molecule has 2 heterocycles. The van der Waals surface area contributed by atoms with Gasteiger partial charge in [0.1, 0.15) is 0 Å². The fourth-order valence-electron chi connectivity index (χ4n) is 4.09. The summed E-state index contributed by atoms with van der Waals surface area (Å²) in [6.07, 6.45) is 0.693. The Morgan fingerprint density at radius 3 is 2.38 bits per heavy atom. The van der Waals surface area contributed by atoms with Gasteiger partial charge in [-0.05, 0) is 42.8 Å². The van der Waals surface area contributed by atoms with Crippen molar-refractivity contribution >= 4 is 51.0 Å². The van der Waals surface area contributed by atoms with Gasteiger partial charge in [-0.15, -0.1) is 0 Å². The molecule has 0 aliphatic heterocycles. The number of aliphatic carboxylic acids is 1. The molecular weight excluding hydrogens is 473 g/mol. The number of aliphatic hydroxyl groups excluding tert-OH is 1. The van der Waals surface area contributed by atoms with Crippen molar-refractivity contribution in [2.45, 2.75) is 18.9 Å². The maximum Gasteiger partial charge on any atom is 0.303 e. The lowest BCUT2D eigenvalue weighted by Gasteiger charge is -2.11. The lowest BCUT2D eigenvalue weighted by molar-refractivity contribution is -0.137. The molecule has 0 bridgehead atoms. The molecule has 8 heteroatoms. The van der Waals surface area contributed by atoms with E-state index < -0.39 is 12.1 Å². The monoisotopic (exact) mass is 491 g/mol. The highest BCUT2D eigenvalue weighted by Gasteiger charge is 2.20. The average molecular weight is 492 g/mol. The normalized spacial score (nSPS) is 12.3. The zero-order chi connectivity index (χ0) is 23.8. The minimum Gasteiger partial charge on any atom is -0.481 e. The van der Waals surface area contributed by atoms with Crippen molar-refractivity contribution < 1.29 is 15.0 Å². The second kappa shape index (κ2) is 9.06. The minimum atomic E-state index is -0.980. The second-order valence-corrected chi connectivity index (χ2v) is 8.84. The Hall–Kier alpha value is -3.45. The van der Waals surface area contributed by atoms with Gasteiger partial charge >= 0.3 is 5.97 Å². The van der Waals surface area contributed by atoms with Crippen LogP contribution in [0.15, 0.2) is 72.9 Å². The summed E-state index contributed by atoms with van der Waals surface area (Å²) in [5.41, 5.74) is 3.68. The van der Waals surface area contributed by atoms with Crippen LogP contribution in [0.2, 0.25) is 10.0 Å². The zero-order valence-corrected chi connectivity index (χ0v) is 19.3. The SMILES string of the molecule is O=C(O)CCC(O)c1cn(-c2nc(-c3ccccc3)c3cc(Cl)ccc3n2)c2ccc(Cl)cc12. The van der Waals surface area contributed by atoms with Crippen LogP contribution in [0.3, 0.4) is 0 Å². The van der Waals surface area contributed by atoms with Crippen LogP contribution < -0.4 is 0 Å². The Morgan fingerprint density at radius 1 is 0.941 bits per heavy atom. The molecule has 0 amide bonds. The van der Waals surface area contributed by atoms with Gasteiger partial charge < -0.3 is 10.2 Å². The molecule has 5 rings (SSSR count). The first kappa shape index (κ1) is 22.3. The van der Waals surface area contributed by atoms with Crippen molar-refractivity contribution in [2.24, 2.45) is 0 Å². The van der Waals surface area contributed by atoms with E-state index in [1.165, 1.54) is 0 Å². The molecule has 0 aliphatic rings. The van der Waals surface area contributed by atoms with E-state index in [0.717, 1.165) is 27.7 Å². The number of benzene rings is 3. The predicted molar refractivity (Wildman–Crippen MR) is 134 cm³/mol. The van der Waals surface area contributed by atoms with E-state index >= 15 is 0 Å². The highest BCUT2D eigenvalue weighted by atomic mass is 35.5. The van der Waals surface area contributed by atoms with E-state index in [-0.39, 0.29) is 12.8 Å². The summed E-state index contributed by atoms with van der Waals surface area (Å²) in [4.78, 5) is 20.7. The van der Waals surface area contributed by atoms with Crippen LogP contribution >= 0.6 is 23.2 Å². The third-order valence-corrected chi connectivity index (χ3v) is 6.17. The quantitative estimate of drug-likeness (QED) is 0.285. The van der Waals surface area contributed by atoms with Crippen molar-refractivity contribution in [2.75, 3.05) is 0 Å². The maximum atomic E-state index is 11.0. The third-order valence-electron chi connectivity index (χ3n) is 5.70. The van der Waals surface area contributed by atoms with Gasteiger partial charge in [-0.25, -0.2) is 9.97 Å². The van der Waals surface area contributed by atoms with E-state index in [4.69, 9.17) is 38.3 Å². The summed E-state index contributed by atoms with van der Waals surface area (Å²) in [6.45, 7) is 0. The number of carbonyl (C=O) groups is 1. The average Bonchev–Trinajstić information content (AvgIpc) is 3.21. The number of aliphatic hydroxyl groups is 1. The Balaban J connectivity index is 1.74. The van der Waals surface area contributed by atoms with Gasteiger partial charge in [0.25, 0.3) is 0 Å². The van der Waals surface area contributed by atoms with Crippen LogP contribution in [0.25, 0.3) is 39.0 Å². The lowest BCUT2D eigenvalue weighted by atomic mass is 10.0. The predicted octanol–water partition coefficient (Wildman–Crippen LogP) is 6.45. The van der Waals surface area contributed by atoms with Crippen molar-refractivity contribution in [3.8, 4) is 17.2 Å². The Kier molecular flexibility index (Phi) is 5.96. The first-order valence-electron chi connectivity index (χ1n) is 10.6. The van der Waals surface area contributed by atoms with Gasteiger partial charge in [-0.2, -0.15) is 0 Å². The molecule has 6 nitrogen and oxygen atoms in total. The fraction of sp³-hybridized carbons (Fsp3) is 0.115. The van der Waals surface area contributed by atoms with Crippen LogP contribution in [-0.4, -0.2) is 30.7 Å². The molecular formula is C26H19Cl2N3O3. The minimum absolute atomic E-state index is 0.0767. The Morgan fingerprint density at radius 2 is 1.65 bits per heavy atom. The van der Waals surface area contributed by atoms with Gasteiger partial charge in [0.2, 0.25) is 5.95 Å². The van der Waals surface area contributed by atoms with Gasteiger partial charge in [0, 0.05) is 44.6 Å². The van der Waals surface area contributed by atoms with E-state index in [0.29, 0.717) is 26.9 Å². The van der Waals surface area contributed by atoms with Crippen LogP contribution in [0, 0.1) is 0 Å². The Bertz CT molecular complexity index is 1530. The van der Waals surface area contributed by atoms with Gasteiger partial charge in [0.15, 0.2) is 0 Å². The number of halogens is 2.